The van der Waals surface area contributed by atoms with E-state index in [0.29, 0.717) is 36.0 Å². The fraction of sp³-hybridized carbons (Fsp3) is 0.294. The first-order valence-electron chi connectivity index (χ1n) is 7.57. The summed E-state index contributed by atoms with van der Waals surface area (Å²) in [4.78, 5) is 25.7. The standard InChI is InChI=1S/C17H18N2O5/c1-19(11-16(20)18-10-13-3-2-6-22-13)17(21)12-4-5-14-15(9-12)24-8-7-23-14/h2-6,9H,7-8,10-11H2,1H3,(H,18,20). The first-order chi connectivity index (χ1) is 11.6. The van der Waals surface area contributed by atoms with Gasteiger partial charge >= 0.3 is 0 Å². The van der Waals surface area contributed by atoms with Crippen LogP contribution in [0.3, 0.4) is 0 Å². The van der Waals surface area contributed by atoms with Gasteiger partial charge in [-0.2, -0.15) is 0 Å². The van der Waals surface area contributed by atoms with E-state index in [1.165, 1.54) is 4.90 Å². The molecule has 2 heterocycles. The molecule has 1 aromatic heterocycles. The Bertz CT molecular complexity index is 727. The predicted octanol–water partition coefficient (Wildman–Crippen LogP) is 1.44. The molecule has 1 aliphatic heterocycles. The molecule has 2 amide bonds. The lowest BCUT2D eigenvalue weighted by Gasteiger charge is -2.20. The summed E-state index contributed by atoms with van der Waals surface area (Å²) in [5, 5.41) is 2.70. The zero-order chi connectivity index (χ0) is 16.9. The lowest BCUT2D eigenvalue weighted by molar-refractivity contribution is -0.121. The molecule has 126 valence electrons. The fourth-order valence-corrected chi connectivity index (χ4v) is 2.34. The summed E-state index contributed by atoms with van der Waals surface area (Å²) in [6, 6.07) is 8.51. The number of nitrogens with zero attached hydrogens (tertiary/aromatic N) is 1. The Kier molecular flexibility index (Phi) is 4.69. The van der Waals surface area contributed by atoms with Crippen LogP contribution < -0.4 is 14.8 Å². The van der Waals surface area contributed by atoms with Crippen LogP contribution in [0.25, 0.3) is 0 Å². The van der Waals surface area contributed by atoms with Gasteiger partial charge in [-0.05, 0) is 30.3 Å². The number of likely N-dealkylation sites (N-methyl/N-ethyl adjacent to an activating group) is 1. The molecule has 0 spiro atoms. The maximum Gasteiger partial charge on any atom is 0.254 e. The second kappa shape index (κ2) is 7.08. The van der Waals surface area contributed by atoms with Crippen molar-refractivity contribution in [2.45, 2.75) is 6.54 Å². The average molecular weight is 330 g/mol. The Hall–Kier alpha value is -2.96. The van der Waals surface area contributed by atoms with E-state index in [2.05, 4.69) is 5.32 Å². The molecule has 0 saturated carbocycles. The van der Waals surface area contributed by atoms with Crippen LogP contribution in [0.4, 0.5) is 0 Å². The molecule has 3 rings (SSSR count). The van der Waals surface area contributed by atoms with Crippen molar-refractivity contribution in [2.24, 2.45) is 0 Å². The summed E-state index contributed by atoms with van der Waals surface area (Å²) >= 11 is 0. The monoisotopic (exact) mass is 330 g/mol. The normalized spacial score (nSPS) is 12.5. The number of amides is 2. The topological polar surface area (TPSA) is 81.0 Å². The van der Waals surface area contributed by atoms with Crippen molar-refractivity contribution < 1.29 is 23.5 Å². The number of nitrogens with one attached hydrogen (secondary N) is 1. The number of ether oxygens (including phenoxy) is 2. The number of fused-ring (bicyclic) bond motifs is 1. The molecule has 24 heavy (non-hydrogen) atoms. The number of carbonyl (C=O) groups is 2. The third kappa shape index (κ3) is 3.68. The number of furan rings is 1. The van der Waals surface area contributed by atoms with E-state index in [0.717, 1.165) is 0 Å². The Balaban J connectivity index is 1.57. The van der Waals surface area contributed by atoms with Crippen LogP contribution in [-0.4, -0.2) is 43.5 Å². The largest absolute Gasteiger partial charge is 0.486 e. The Labute approximate surface area is 139 Å². The summed E-state index contributed by atoms with van der Waals surface area (Å²) in [7, 11) is 1.58. The van der Waals surface area contributed by atoms with Crippen molar-refractivity contribution in [1.29, 1.82) is 0 Å². The van der Waals surface area contributed by atoms with Crippen LogP contribution in [-0.2, 0) is 11.3 Å². The van der Waals surface area contributed by atoms with Gasteiger partial charge in [-0.1, -0.05) is 0 Å². The minimum Gasteiger partial charge on any atom is -0.486 e. The van der Waals surface area contributed by atoms with Gasteiger partial charge < -0.3 is 24.1 Å². The van der Waals surface area contributed by atoms with Gasteiger partial charge in [0, 0.05) is 12.6 Å². The number of hydrogen-bond donors (Lipinski definition) is 1. The van der Waals surface area contributed by atoms with E-state index in [9.17, 15) is 9.59 Å². The van der Waals surface area contributed by atoms with Crippen molar-refractivity contribution in [3.8, 4) is 11.5 Å². The van der Waals surface area contributed by atoms with Crippen molar-refractivity contribution >= 4 is 11.8 Å². The number of hydrogen-bond acceptors (Lipinski definition) is 5. The van der Waals surface area contributed by atoms with E-state index in [-0.39, 0.29) is 24.9 Å². The van der Waals surface area contributed by atoms with E-state index in [1.54, 1.807) is 43.6 Å². The SMILES string of the molecule is CN(CC(=O)NCc1ccco1)C(=O)c1ccc2c(c1)OCCO2. The van der Waals surface area contributed by atoms with Crippen LogP contribution in [0.15, 0.2) is 41.0 Å². The van der Waals surface area contributed by atoms with Crippen LogP contribution >= 0.6 is 0 Å². The molecule has 1 aromatic carbocycles. The highest BCUT2D eigenvalue weighted by molar-refractivity contribution is 5.96. The second-order valence-corrected chi connectivity index (χ2v) is 5.38. The van der Waals surface area contributed by atoms with Gasteiger partial charge in [-0.25, -0.2) is 0 Å². The maximum absolute atomic E-state index is 12.4. The molecule has 0 aliphatic carbocycles. The quantitative estimate of drug-likeness (QED) is 0.897. The highest BCUT2D eigenvalue weighted by Gasteiger charge is 2.19. The minimum absolute atomic E-state index is 0.0476. The van der Waals surface area contributed by atoms with Gasteiger partial charge in [-0.3, -0.25) is 9.59 Å². The highest BCUT2D eigenvalue weighted by Crippen LogP contribution is 2.30. The Morgan fingerprint density at radius 2 is 1.96 bits per heavy atom. The Morgan fingerprint density at radius 1 is 1.17 bits per heavy atom. The predicted molar refractivity (Wildman–Crippen MR) is 84.9 cm³/mol. The fourth-order valence-electron chi connectivity index (χ4n) is 2.34. The van der Waals surface area contributed by atoms with Gasteiger partial charge in [-0.15, -0.1) is 0 Å². The first-order valence-corrected chi connectivity index (χ1v) is 7.57. The van der Waals surface area contributed by atoms with Crippen LogP contribution in [0.1, 0.15) is 16.1 Å². The van der Waals surface area contributed by atoms with E-state index >= 15 is 0 Å². The summed E-state index contributed by atoms with van der Waals surface area (Å²) < 4.78 is 16.0. The van der Waals surface area contributed by atoms with Crippen LogP contribution in [0.2, 0.25) is 0 Å². The van der Waals surface area contributed by atoms with Crippen molar-refractivity contribution in [1.82, 2.24) is 10.2 Å². The van der Waals surface area contributed by atoms with Gasteiger partial charge in [0.1, 0.15) is 19.0 Å². The van der Waals surface area contributed by atoms with E-state index in [1.807, 2.05) is 0 Å². The zero-order valence-corrected chi connectivity index (χ0v) is 13.3. The second-order valence-electron chi connectivity index (χ2n) is 5.38. The molecular formula is C17H18N2O5. The molecule has 1 N–H and O–H groups in total. The average Bonchev–Trinajstić information content (AvgIpc) is 3.12. The Morgan fingerprint density at radius 3 is 2.71 bits per heavy atom. The molecule has 1 aliphatic rings. The summed E-state index contributed by atoms with van der Waals surface area (Å²) in [6.45, 7) is 1.19. The highest BCUT2D eigenvalue weighted by atomic mass is 16.6. The van der Waals surface area contributed by atoms with Crippen molar-refractivity contribution in [2.75, 3.05) is 26.8 Å². The third-order valence-corrected chi connectivity index (χ3v) is 3.56. The molecule has 0 bridgehead atoms. The molecule has 7 heteroatoms. The van der Waals surface area contributed by atoms with Gasteiger partial charge in [0.05, 0.1) is 19.4 Å². The van der Waals surface area contributed by atoms with Crippen molar-refractivity contribution in [3.63, 3.8) is 0 Å². The first kappa shape index (κ1) is 15.9. The molecule has 0 saturated heterocycles. The molecule has 7 nitrogen and oxygen atoms in total. The molecular weight excluding hydrogens is 312 g/mol. The third-order valence-electron chi connectivity index (χ3n) is 3.56. The summed E-state index contributed by atoms with van der Waals surface area (Å²) in [5.41, 5.74) is 0.445. The van der Waals surface area contributed by atoms with Crippen LogP contribution in [0.5, 0.6) is 11.5 Å². The molecule has 0 atom stereocenters. The molecule has 0 unspecified atom stereocenters. The van der Waals surface area contributed by atoms with Gasteiger partial charge in [0.15, 0.2) is 11.5 Å². The van der Waals surface area contributed by atoms with E-state index in [4.69, 9.17) is 13.9 Å². The van der Waals surface area contributed by atoms with Gasteiger partial charge in [0.25, 0.3) is 5.91 Å². The smallest absolute Gasteiger partial charge is 0.254 e. The maximum atomic E-state index is 12.4. The molecule has 2 aromatic rings. The van der Waals surface area contributed by atoms with Gasteiger partial charge in [0.2, 0.25) is 5.91 Å². The number of carbonyl (C=O) groups excluding carboxylic acids is 2. The number of benzene rings is 1. The zero-order valence-electron chi connectivity index (χ0n) is 13.3. The lowest BCUT2D eigenvalue weighted by atomic mass is 10.1. The summed E-state index contributed by atoms with van der Waals surface area (Å²) in [5.74, 6) is 1.29. The number of rotatable bonds is 5. The van der Waals surface area contributed by atoms with E-state index < -0.39 is 0 Å². The lowest BCUT2D eigenvalue weighted by Crippen LogP contribution is -2.38. The summed E-state index contributed by atoms with van der Waals surface area (Å²) in [6.07, 6.45) is 1.54. The van der Waals surface area contributed by atoms with Crippen molar-refractivity contribution in [3.05, 3.63) is 47.9 Å². The molecule has 0 radical (unpaired) electrons. The van der Waals surface area contributed by atoms with Crippen LogP contribution in [0, 0.1) is 0 Å². The molecule has 0 fully saturated rings. The minimum atomic E-state index is -0.264.